The zero-order valence-electron chi connectivity index (χ0n) is 12.3. The number of nitrogens with zero attached hydrogens (tertiary/aromatic N) is 2. The summed E-state index contributed by atoms with van der Waals surface area (Å²) in [6.45, 7) is 3.48. The molecule has 7 heteroatoms. The molecule has 0 saturated heterocycles. The van der Waals surface area contributed by atoms with Gasteiger partial charge < -0.3 is 19.3 Å². The minimum absolute atomic E-state index is 0.294. The van der Waals surface area contributed by atoms with Crippen molar-refractivity contribution in [3.63, 3.8) is 0 Å². The van der Waals surface area contributed by atoms with E-state index in [-0.39, 0.29) is 5.91 Å². The van der Waals surface area contributed by atoms with Crippen molar-refractivity contribution in [3.05, 3.63) is 35.5 Å². The summed E-state index contributed by atoms with van der Waals surface area (Å²) in [5.41, 5.74) is 0.404. The van der Waals surface area contributed by atoms with E-state index in [4.69, 9.17) is 14.0 Å². The molecule has 1 aromatic heterocycles. The van der Waals surface area contributed by atoms with E-state index < -0.39 is 6.04 Å². The topological polar surface area (TPSA) is 86.5 Å². The van der Waals surface area contributed by atoms with Crippen LogP contribution in [0.3, 0.4) is 0 Å². The van der Waals surface area contributed by atoms with E-state index in [1.807, 2.05) is 0 Å². The first-order valence-electron chi connectivity index (χ1n) is 6.38. The van der Waals surface area contributed by atoms with Crippen LogP contribution < -0.4 is 14.8 Å². The molecule has 1 N–H and O–H groups in total. The average Bonchev–Trinajstić information content (AvgIpc) is 2.93. The number of carbonyl (C=O) groups excluding carboxylic acids is 1. The second-order valence-corrected chi connectivity index (χ2v) is 4.44. The van der Waals surface area contributed by atoms with Crippen molar-refractivity contribution in [1.82, 2.24) is 15.5 Å². The minimum Gasteiger partial charge on any atom is -0.497 e. The zero-order chi connectivity index (χ0) is 15.4. The Morgan fingerprint density at radius 3 is 2.67 bits per heavy atom. The number of amides is 1. The van der Waals surface area contributed by atoms with Gasteiger partial charge in [0.05, 0.1) is 19.8 Å². The van der Waals surface area contributed by atoms with E-state index in [1.165, 1.54) is 7.11 Å². The van der Waals surface area contributed by atoms with Crippen LogP contribution in [-0.2, 0) is 0 Å². The summed E-state index contributed by atoms with van der Waals surface area (Å²) in [6, 6.07) is 4.58. The second-order valence-electron chi connectivity index (χ2n) is 4.44. The summed E-state index contributed by atoms with van der Waals surface area (Å²) in [5, 5.41) is 6.48. The van der Waals surface area contributed by atoms with Gasteiger partial charge >= 0.3 is 0 Å². The number of aromatic nitrogens is 2. The first-order chi connectivity index (χ1) is 10.0. The number of nitrogens with one attached hydrogen (secondary N) is 1. The number of carbonyl (C=O) groups is 1. The summed E-state index contributed by atoms with van der Waals surface area (Å²) in [7, 11) is 3.05. The third kappa shape index (κ3) is 3.31. The summed E-state index contributed by atoms with van der Waals surface area (Å²) in [4.78, 5) is 16.4. The van der Waals surface area contributed by atoms with Gasteiger partial charge in [0.15, 0.2) is 5.82 Å². The lowest BCUT2D eigenvalue weighted by Gasteiger charge is -2.13. The third-order valence-corrected chi connectivity index (χ3v) is 2.91. The molecule has 0 spiro atoms. The highest BCUT2D eigenvalue weighted by molar-refractivity contribution is 5.97. The SMILES string of the molecule is COc1ccc(C(=O)N[C@@H](C)c2nc(C)no2)c(OC)c1. The molecule has 0 aliphatic heterocycles. The Kier molecular flexibility index (Phi) is 4.42. The molecule has 0 saturated carbocycles. The molecular formula is C14H17N3O4. The fraction of sp³-hybridized carbons (Fsp3) is 0.357. The highest BCUT2D eigenvalue weighted by atomic mass is 16.5. The molecule has 0 fully saturated rings. The molecule has 1 aromatic carbocycles. The van der Waals surface area contributed by atoms with E-state index in [0.717, 1.165) is 0 Å². The van der Waals surface area contributed by atoms with E-state index in [2.05, 4.69) is 15.5 Å². The zero-order valence-corrected chi connectivity index (χ0v) is 12.3. The molecule has 0 aliphatic carbocycles. The summed E-state index contributed by atoms with van der Waals surface area (Å²) in [6.07, 6.45) is 0. The predicted molar refractivity (Wildman–Crippen MR) is 74.5 cm³/mol. The van der Waals surface area contributed by atoms with Gasteiger partial charge in [-0.3, -0.25) is 4.79 Å². The number of hydrogen-bond donors (Lipinski definition) is 1. The quantitative estimate of drug-likeness (QED) is 0.905. The van der Waals surface area contributed by atoms with Crippen LogP contribution in [0.15, 0.2) is 22.7 Å². The first kappa shape index (κ1) is 14.8. The lowest BCUT2D eigenvalue weighted by molar-refractivity contribution is 0.0929. The Morgan fingerprint density at radius 1 is 1.33 bits per heavy atom. The van der Waals surface area contributed by atoms with E-state index in [9.17, 15) is 4.79 Å². The lowest BCUT2D eigenvalue weighted by Crippen LogP contribution is -2.27. The molecule has 2 rings (SSSR count). The van der Waals surface area contributed by atoms with Gasteiger partial charge in [0.25, 0.3) is 5.91 Å². The Balaban J connectivity index is 2.16. The van der Waals surface area contributed by atoms with Gasteiger partial charge in [-0.2, -0.15) is 4.98 Å². The van der Waals surface area contributed by atoms with Crippen molar-refractivity contribution in [2.45, 2.75) is 19.9 Å². The van der Waals surface area contributed by atoms with Crippen LogP contribution in [0.25, 0.3) is 0 Å². The van der Waals surface area contributed by atoms with Crippen LogP contribution in [0.5, 0.6) is 11.5 Å². The van der Waals surface area contributed by atoms with Gasteiger partial charge in [-0.15, -0.1) is 0 Å². The molecule has 1 heterocycles. The molecule has 2 aromatic rings. The molecule has 21 heavy (non-hydrogen) atoms. The summed E-state index contributed by atoms with van der Waals surface area (Å²) >= 11 is 0. The predicted octanol–water partition coefficient (Wildman–Crippen LogP) is 1.89. The number of rotatable bonds is 5. The summed E-state index contributed by atoms with van der Waals surface area (Å²) < 4.78 is 15.3. The van der Waals surface area contributed by atoms with Crippen LogP contribution in [-0.4, -0.2) is 30.3 Å². The minimum atomic E-state index is -0.398. The highest BCUT2D eigenvalue weighted by Gasteiger charge is 2.19. The Hall–Kier alpha value is -2.57. The van der Waals surface area contributed by atoms with Crippen molar-refractivity contribution >= 4 is 5.91 Å². The van der Waals surface area contributed by atoms with Gasteiger partial charge in [0, 0.05) is 6.07 Å². The standard InChI is InChI=1S/C14H17N3O4/c1-8(14-16-9(2)17-21-14)15-13(18)11-6-5-10(19-3)7-12(11)20-4/h5-8H,1-4H3,(H,15,18)/t8-/m0/s1. The fourth-order valence-corrected chi connectivity index (χ4v) is 1.81. The van der Waals surface area contributed by atoms with Gasteiger partial charge in [0.1, 0.15) is 17.5 Å². The molecule has 1 amide bonds. The fourth-order valence-electron chi connectivity index (χ4n) is 1.81. The van der Waals surface area contributed by atoms with Crippen LogP contribution in [0.1, 0.15) is 35.0 Å². The lowest BCUT2D eigenvalue weighted by atomic mass is 10.1. The van der Waals surface area contributed by atoms with Crippen molar-refractivity contribution in [2.75, 3.05) is 14.2 Å². The molecule has 0 unspecified atom stereocenters. The highest BCUT2D eigenvalue weighted by Crippen LogP contribution is 2.25. The third-order valence-electron chi connectivity index (χ3n) is 2.91. The smallest absolute Gasteiger partial charge is 0.255 e. The second kappa shape index (κ2) is 6.25. The number of methoxy groups -OCH3 is 2. The van der Waals surface area contributed by atoms with E-state index in [0.29, 0.717) is 28.8 Å². The van der Waals surface area contributed by atoms with Crippen molar-refractivity contribution in [2.24, 2.45) is 0 Å². The molecule has 0 bridgehead atoms. The number of aryl methyl sites for hydroxylation is 1. The molecule has 0 radical (unpaired) electrons. The molecular weight excluding hydrogens is 274 g/mol. The molecule has 0 aliphatic rings. The van der Waals surface area contributed by atoms with Gasteiger partial charge in [-0.1, -0.05) is 5.16 Å². The van der Waals surface area contributed by atoms with Crippen LogP contribution in [0, 0.1) is 6.92 Å². The monoisotopic (exact) mass is 291 g/mol. The number of benzene rings is 1. The van der Waals surface area contributed by atoms with E-state index >= 15 is 0 Å². The normalized spacial score (nSPS) is 11.8. The van der Waals surface area contributed by atoms with Crippen molar-refractivity contribution in [1.29, 1.82) is 0 Å². The van der Waals surface area contributed by atoms with Crippen LogP contribution in [0.2, 0.25) is 0 Å². The van der Waals surface area contributed by atoms with Gasteiger partial charge in [0.2, 0.25) is 5.89 Å². The Morgan fingerprint density at radius 2 is 2.10 bits per heavy atom. The van der Waals surface area contributed by atoms with Gasteiger partial charge in [-0.05, 0) is 26.0 Å². The van der Waals surface area contributed by atoms with Crippen molar-refractivity contribution < 1.29 is 18.8 Å². The van der Waals surface area contributed by atoms with Crippen LogP contribution >= 0.6 is 0 Å². The number of hydrogen-bond acceptors (Lipinski definition) is 6. The largest absolute Gasteiger partial charge is 0.497 e. The molecule has 112 valence electrons. The maximum atomic E-state index is 12.3. The molecule has 7 nitrogen and oxygen atoms in total. The Bertz CT molecular complexity index is 639. The Labute approximate surface area is 122 Å². The van der Waals surface area contributed by atoms with Crippen molar-refractivity contribution in [3.8, 4) is 11.5 Å². The number of ether oxygens (including phenoxy) is 2. The maximum Gasteiger partial charge on any atom is 0.255 e. The first-order valence-corrected chi connectivity index (χ1v) is 6.38. The average molecular weight is 291 g/mol. The van der Waals surface area contributed by atoms with E-state index in [1.54, 1.807) is 39.2 Å². The van der Waals surface area contributed by atoms with Gasteiger partial charge in [-0.25, -0.2) is 0 Å². The molecule has 1 atom stereocenters. The van der Waals surface area contributed by atoms with Crippen LogP contribution in [0.4, 0.5) is 0 Å². The summed E-state index contributed by atoms with van der Waals surface area (Å²) in [5.74, 6) is 1.63. The maximum absolute atomic E-state index is 12.3.